The Bertz CT molecular complexity index is 726. The minimum Gasteiger partial charge on any atom is -0.348 e. The van der Waals surface area contributed by atoms with E-state index in [4.69, 9.17) is 0 Å². The Morgan fingerprint density at radius 1 is 0.880 bits per heavy atom. The predicted octanol–water partition coefficient (Wildman–Crippen LogP) is 3.63. The van der Waals surface area contributed by atoms with Crippen molar-refractivity contribution in [2.75, 3.05) is 0 Å². The first-order valence-corrected chi connectivity index (χ1v) is 8.61. The molecule has 25 heavy (non-hydrogen) atoms. The van der Waals surface area contributed by atoms with Gasteiger partial charge in [0.15, 0.2) is 0 Å². The summed E-state index contributed by atoms with van der Waals surface area (Å²) in [6.07, 6.45) is 0. The Kier molecular flexibility index (Phi) is 6.34. The molecule has 0 aliphatic heterocycles. The molecule has 4 nitrogen and oxygen atoms in total. The van der Waals surface area contributed by atoms with Crippen molar-refractivity contribution < 1.29 is 9.59 Å². The lowest BCUT2D eigenvalue weighted by atomic mass is 10.0. The quantitative estimate of drug-likeness (QED) is 0.845. The van der Waals surface area contributed by atoms with Gasteiger partial charge in [-0.15, -0.1) is 0 Å². The van der Waals surface area contributed by atoms with Gasteiger partial charge in [-0.3, -0.25) is 9.59 Å². The summed E-state index contributed by atoms with van der Waals surface area (Å²) < 4.78 is 0. The van der Waals surface area contributed by atoms with Crippen LogP contribution in [0.1, 0.15) is 48.3 Å². The van der Waals surface area contributed by atoms with E-state index in [2.05, 4.69) is 10.6 Å². The SMILES string of the molecule is Cc1cccc(C(=O)NC(C(=O)NC(C)c2ccccc2)C(C)C)c1. The molecule has 0 saturated heterocycles. The lowest BCUT2D eigenvalue weighted by Crippen LogP contribution is -2.50. The summed E-state index contributed by atoms with van der Waals surface area (Å²) in [5.74, 6) is -0.422. The smallest absolute Gasteiger partial charge is 0.251 e. The largest absolute Gasteiger partial charge is 0.348 e. The van der Waals surface area contributed by atoms with Crippen molar-refractivity contribution in [3.8, 4) is 0 Å². The molecule has 2 N–H and O–H groups in total. The highest BCUT2D eigenvalue weighted by molar-refractivity contribution is 5.97. The number of rotatable bonds is 6. The van der Waals surface area contributed by atoms with Crippen LogP contribution in [0.5, 0.6) is 0 Å². The van der Waals surface area contributed by atoms with Crippen molar-refractivity contribution >= 4 is 11.8 Å². The Labute approximate surface area is 149 Å². The van der Waals surface area contributed by atoms with Gasteiger partial charge in [0, 0.05) is 5.56 Å². The minimum atomic E-state index is -0.584. The van der Waals surface area contributed by atoms with Gasteiger partial charge in [-0.2, -0.15) is 0 Å². The second-order valence-corrected chi connectivity index (χ2v) is 6.71. The van der Waals surface area contributed by atoms with Gasteiger partial charge >= 0.3 is 0 Å². The molecule has 0 bridgehead atoms. The molecule has 0 radical (unpaired) electrons. The Hall–Kier alpha value is -2.62. The highest BCUT2D eigenvalue weighted by atomic mass is 16.2. The van der Waals surface area contributed by atoms with E-state index in [1.54, 1.807) is 6.07 Å². The van der Waals surface area contributed by atoms with Gasteiger partial charge in [0.05, 0.1) is 6.04 Å². The zero-order valence-corrected chi connectivity index (χ0v) is 15.2. The second kappa shape index (κ2) is 8.47. The molecule has 2 atom stereocenters. The van der Waals surface area contributed by atoms with Gasteiger partial charge in [-0.1, -0.05) is 61.9 Å². The summed E-state index contributed by atoms with van der Waals surface area (Å²) in [5.41, 5.74) is 2.61. The summed E-state index contributed by atoms with van der Waals surface area (Å²) >= 11 is 0. The average molecular weight is 338 g/mol. The minimum absolute atomic E-state index is 0.0169. The highest BCUT2D eigenvalue weighted by Gasteiger charge is 2.26. The van der Waals surface area contributed by atoms with Crippen LogP contribution in [0.15, 0.2) is 54.6 Å². The summed E-state index contributed by atoms with van der Waals surface area (Å²) in [4.78, 5) is 25.2. The van der Waals surface area contributed by atoms with Crippen molar-refractivity contribution in [3.05, 3.63) is 71.3 Å². The molecule has 4 heteroatoms. The zero-order valence-electron chi connectivity index (χ0n) is 15.2. The normalized spacial score (nSPS) is 13.2. The average Bonchev–Trinajstić information content (AvgIpc) is 2.59. The fourth-order valence-corrected chi connectivity index (χ4v) is 2.67. The molecule has 2 aromatic carbocycles. The molecule has 0 aromatic heterocycles. The molecule has 0 aliphatic carbocycles. The van der Waals surface area contributed by atoms with Gasteiger partial charge in [0.25, 0.3) is 5.91 Å². The molecule has 2 amide bonds. The van der Waals surface area contributed by atoms with E-state index < -0.39 is 6.04 Å². The maximum atomic E-state index is 12.7. The summed E-state index contributed by atoms with van der Waals surface area (Å²) in [7, 11) is 0. The van der Waals surface area contributed by atoms with Crippen LogP contribution in [0.4, 0.5) is 0 Å². The van der Waals surface area contributed by atoms with Gasteiger partial charge in [-0.25, -0.2) is 0 Å². The summed E-state index contributed by atoms with van der Waals surface area (Å²) in [5, 5.41) is 5.86. The molecule has 0 heterocycles. The molecule has 2 rings (SSSR count). The number of amides is 2. The van der Waals surface area contributed by atoms with Crippen molar-refractivity contribution in [1.82, 2.24) is 10.6 Å². The van der Waals surface area contributed by atoms with Crippen LogP contribution in [0.3, 0.4) is 0 Å². The third-order valence-electron chi connectivity index (χ3n) is 4.17. The number of carbonyl (C=O) groups excluding carboxylic acids is 2. The molecule has 0 aliphatic rings. The van der Waals surface area contributed by atoms with E-state index in [0.717, 1.165) is 11.1 Å². The van der Waals surface area contributed by atoms with E-state index in [0.29, 0.717) is 5.56 Å². The fraction of sp³-hybridized carbons (Fsp3) is 0.333. The molecule has 132 valence electrons. The molecule has 0 spiro atoms. The van der Waals surface area contributed by atoms with Gasteiger partial charge < -0.3 is 10.6 Å². The topological polar surface area (TPSA) is 58.2 Å². The molecular formula is C21H26N2O2. The van der Waals surface area contributed by atoms with E-state index >= 15 is 0 Å². The fourth-order valence-electron chi connectivity index (χ4n) is 2.67. The Morgan fingerprint density at radius 2 is 1.56 bits per heavy atom. The van der Waals surface area contributed by atoms with E-state index in [9.17, 15) is 9.59 Å². The van der Waals surface area contributed by atoms with Crippen LogP contribution in [0, 0.1) is 12.8 Å². The molecular weight excluding hydrogens is 312 g/mol. The lowest BCUT2D eigenvalue weighted by Gasteiger charge is -2.24. The number of aryl methyl sites for hydroxylation is 1. The van der Waals surface area contributed by atoms with Crippen LogP contribution >= 0.6 is 0 Å². The van der Waals surface area contributed by atoms with E-state index in [-0.39, 0.29) is 23.8 Å². The molecule has 2 unspecified atom stereocenters. The van der Waals surface area contributed by atoms with Crippen molar-refractivity contribution in [2.45, 2.75) is 39.8 Å². The van der Waals surface area contributed by atoms with Gasteiger partial charge in [-0.05, 0) is 37.5 Å². The number of nitrogens with one attached hydrogen (secondary N) is 2. The molecule has 2 aromatic rings. The van der Waals surface area contributed by atoms with Crippen LogP contribution in [0.25, 0.3) is 0 Å². The number of hydrogen-bond acceptors (Lipinski definition) is 2. The third-order valence-corrected chi connectivity index (χ3v) is 4.17. The first-order valence-electron chi connectivity index (χ1n) is 8.61. The monoisotopic (exact) mass is 338 g/mol. The van der Waals surface area contributed by atoms with E-state index in [1.807, 2.05) is 76.2 Å². The van der Waals surface area contributed by atoms with Crippen LogP contribution in [-0.2, 0) is 4.79 Å². The van der Waals surface area contributed by atoms with Gasteiger partial charge in [0.1, 0.15) is 6.04 Å². The maximum Gasteiger partial charge on any atom is 0.251 e. The number of carbonyl (C=O) groups is 2. The van der Waals surface area contributed by atoms with E-state index in [1.165, 1.54) is 0 Å². The highest BCUT2D eigenvalue weighted by Crippen LogP contribution is 2.13. The summed E-state index contributed by atoms with van der Waals surface area (Å²) in [6, 6.07) is 16.4. The Morgan fingerprint density at radius 3 is 2.16 bits per heavy atom. The Balaban J connectivity index is 2.06. The van der Waals surface area contributed by atoms with Crippen LogP contribution in [-0.4, -0.2) is 17.9 Å². The van der Waals surface area contributed by atoms with Crippen LogP contribution in [0.2, 0.25) is 0 Å². The summed E-state index contributed by atoms with van der Waals surface area (Å²) in [6.45, 7) is 7.72. The predicted molar refractivity (Wildman–Crippen MR) is 100 cm³/mol. The standard InChI is InChI=1S/C21H26N2O2/c1-14(2)19(23-20(24)18-12-8-9-15(3)13-18)21(25)22-16(4)17-10-6-5-7-11-17/h5-14,16,19H,1-4H3,(H,22,25)(H,23,24). The van der Waals surface area contributed by atoms with Crippen molar-refractivity contribution in [1.29, 1.82) is 0 Å². The van der Waals surface area contributed by atoms with Crippen molar-refractivity contribution in [3.63, 3.8) is 0 Å². The molecule has 0 saturated carbocycles. The zero-order chi connectivity index (χ0) is 18.4. The van der Waals surface area contributed by atoms with Gasteiger partial charge in [0.2, 0.25) is 5.91 Å². The number of hydrogen-bond donors (Lipinski definition) is 2. The van der Waals surface area contributed by atoms with Crippen molar-refractivity contribution in [2.24, 2.45) is 5.92 Å². The third kappa shape index (κ3) is 5.18. The number of benzene rings is 2. The first-order chi connectivity index (χ1) is 11.9. The first kappa shape index (κ1) is 18.7. The second-order valence-electron chi connectivity index (χ2n) is 6.71. The van der Waals surface area contributed by atoms with Crippen LogP contribution < -0.4 is 10.6 Å². The lowest BCUT2D eigenvalue weighted by molar-refractivity contribution is -0.124. The molecule has 0 fully saturated rings. The maximum absolute atomic E-state index is 12.7.